The van der Waals surface area contributed by atoms with Crippen LogP contribution in [0.25, 0.3) is 0 Å². The molecule has 0 radical (unpaired) electrons. The molecule has 0 saturated heterocycles. The van der Waals surface area contributed by atoms with Gasteiger partial charge in [-0.15, -0.1) is 11.3 Å². The van der Waals surface area contributed by atoms with Gasteiger partial charge in [0.1, 0.15) is 0 Å². The highest BCUT2D eigenvalue weighted by atomic mass is 32.1. The second-order valence-electron chi connectivity index (χ2n) is 3.15. The molecule has 0 aliphatic heterocycles. The summed E-state index contributed by atoms with van der Waals surface area (Å²) in [5.41, 5.74) is 1.10. The van der Waals surface area contributed by atoms with Crippen molar-refractivity contribution in [2.75, 3.05) is 0 Å². The van der Waals surface area contributed by atoms with Gasteiger partial charge < -0.3 is 5.11 Å². The average Bonchev–Trinajstić information content (AvgIpc) is 2.47. The third kappa shape index (κ3) is 2.31. The van der Waals surface area contributed by atoms with Crippen molar-refractivity contribution in [3.8, 4) is 0 Å². The van der Waals surface area contributed by atoms with Crippen LogP contribution in [0.5, 0.6) is 0 Å². The number of carboxylic acid groups (broad SMARTS) is 1. The maximum absolute atomic E-state index is 10.9. The van der Waals surface area contributed by atoms with E-state index in [2.05, 4.69) is 0 Å². The van der Waals surface area contributed by atoms with Crippen LogP contribution < -0.4 is 0 Å². The molecule has 1 N–H and O–H groups in total. The number of carboxylic acids is 1. The van der Waals surface area contributed by atoms with Crippen LogP contribution in [-0.4, -0.2) is 11.1 Å². The fraction of sp³-hybridized carbons (Fsp3) is 0.500. The van der Waals surface area contributed by atoms with Gasteiger partial charge in [-0.1, -0.05) is 13.3 Å². The summed E-state index contributed by atoms with van der Waals surface area (Å²) in [6, 6.07) is 1.98. The molecule has 2 nitrogen and oxygen atoms in total. The van der Waals surface area contributed by atoms with Gasteiger partial charge in [0, 0.05) is 4.88 Å². The molecule has 3 heteroatoms. The second-order valence-corrected chi connectivity index (χ2v) is 4.10. The third-order valence-corrected chi connectivity index (χ3v) is 3.23. The fourth-order valence-corrected chi connectivity index (χ4v) is 2.45. The molecule has 1 rings (SSSR count). The molecule has 0 spiro atoms. The van der Waals surface area contributed by atoms with E-state index in [1.54, 1.807) is 11.3 Å². The lowest BCUT2D eigenvalue weighted by Crippen LogP contribution is -2.10. The maximum atomic E-state index is 10.9. The van der Waals surface area contributed by atoms with Crippen molar-refractivity contribution in [3.05, 3.63) is 21.9 Å². The van der Waals surface area contributed by atoms with Crippen LogP contribution in [-0.2, 0) is 4.79 Å². The second kappa shape index (κ2) is 4.42. The maximum Gasteiger partial charge on any atom is 0.311 e. The smallest absolute Gasteiger partial charge is 0.311 e. The molecule has 0 bridgehead atoms. The third-order valence-electron chi connectivity index (χ3n) is 2.09. The molecule has 1 atom stereocenters. The van der Waals surface area contributed by atoms with Crippen LogP contribution >= 0.6 is 11.3 Å². The number of rotatable bonds is 4. The van der Waals surface area contributed by atoms with Crippen LogP contribution in [0.1, 0.15) is 36.1 Å². The van der Waals surface area contributed by atoms with E-state index in [1.165, 1.54) is 0 Å². The first-order chi connectivity index (χ1) is 6.16. The van der Waals surface area contributed by atoms with Crippen molar-refractivity contribution in [1.82, 2.24) is 0 Å². The van der Waals surface area contributed by atoms with Crippen LogP contribution in [0, 0.1) is 6.92 Å². The molecule has 0 aromatic carbocycles. The molecule has 0 aliphatic rings. The van der Waals surface area contributed by atoms with Crippen LogP contribution in [0.3, 0.4) is 0 Å². The number of hydrogen-bond donors (Lipinski definition) is 1. The molecule has 1 aromatic heterocycles. The lowest BCUT2D eigenvalue weighted by molar-refractivity contribution is -0.138. The first-order valence-electron chi connectivity index (χ1n) is 4.43. The Kier molecular flexibility index (Phi) is 3.48. The minimum absolute atomic E-state index is 0.301. The zero-order chi connectivity index (χ0) is 9.84. The number of thiophene rings is 1. The van der Waals surface area contributed by atoms with Crippen LogP contribution in [0.4, 0.5) is 0 Å². The van der Waals surface area contributed by atoms with Gasteiger partial charge in [0.25, 0.3) is 0 Å². The van der Waals surface area contributed by atoms with Gasteiger partial charge in [0.05, 0.1) is 5.92 Å². The molecular formula is C10H14O2S. The lowest BCUT2D eigenvalue weighted by atomic mass is 10.00. The first-order valence-corrected chi connectivity index (χ1v) is 5.31. The van der Waals surface area contributed by atoms with Crippen LogP contribution in [0.2, 0.25) is 0 Å². The SMILES string of the molecule is CCCC(C(=O)O)c1sccc1C. The molecule has 1 heterocycles. The summed E-state index contributed by atoms with van der Waals surface area (Å²) in [6.07, 6.45) is 1.64. The molecule has 0 amide bonds. The van der Waals surface area contributed by atoms with E-state index in [0.717, 1.165) is 23.3 Å². The van der Waals surface area contributed by atoms with Gasteiger partial charge in [-0.05, 0) is 30.4 Å². The Morgan fingerprint density at radius 1 is 1.69 bits per heavy atom. The molecule has 0 saturated carbocycles. The zero-order valence-corrected chi connectivity index (χ0v) is 8.73. The Balaban J connectivity index is 2.88. The Labute approximate surface area is 82.2 Å². The van der Waals surface area contributed by atoms with Gasteiger partial charge in [-0.25, -0.2) is 0 Å². The number of hydrogen-bond acceptors (Lipinski definition) is 2. The highest BCUT2D eigenvalue weighted by Crippen LogP contribution is 2.29. The van der Waals surface area contributed by atoms with E-state index < -0.39 is 5.97 Å². The quantitative estimate of drug-likeness (QED) is 0.807. The fourth-order valence-electron chi connectivity index (χ4n) is 1.40. The van der Waals surface area contributed by atoms with Gasteiger partial charge in [0.15, 0.2) is 0 Å². The van der Waals surface area contributed by atoms with Crippen molar-refractivity contribution in [1.29, 1.82) is 0 Å². The molecule has 72 valence electrons. The van der Waals surface area contributed by atoms with Gasteiger partial charge in [-0.2, -0.15) is 0 Å². The molecule has 1 aromatic rings. The Morgan fingerprint density at radius 2 is 2.38 bits per heavy atom. The van der Waals surface area contributed by atoms with Crippen molar-refractivity contribution < 1.29 is 9.90 Å². The minimum Gasteiger partial charge on any atom is -0.481 e. The summed E-state index contributed by atoms with van der Waals surface area (Å²) in [6.45, 7) is 3.98. The molecule has 13 heavy (non-hydrogen) atoms. The monoisotopic (exact) mass is 198 g/mol. The van der Waals surface area contributed by atoms with E-state index in [1.807, 2.05) is 25.3 Å². The summed E-state index contributed by atoms with van der Waals surface area (Å²) in [5.74, 6) is -1.00. The van der Waals surface area contributed by atoms with E-state index in [4.69, 9.17) is 5.11 Å². The first kappa shape index (κ1) is 10.3. The van der Waals surface area contributed by atoms with E-state index in [9.17, 15) is 4.79 Å². The summed E-state index contributed by atoms with van der Waals surface area (Å²) >= 11 is 1.55. The van der Waals surface area contributed by atoms with Crippen molar-refractivity contribution in [3.63, 3.8) is 0 Å². The van der Waals surface area contributed by atoms with Gasteiger partial charge >= 0.3 is 5.97 Å². The van der Waals surface area contributed by atoms with Crippen molar-refractivity contribution in [2.24, 2.45) is 0 Å². The summed E-state index contributed by atoms with van der Waals surface area (Å²) in [7, 11) is 0. The number of carbonyl (C=O) groups is 1. The highest BCUT2D eigenvalue weighted by molar-refractivity contribution is 7.10. The number of aliphatic carboxylic acids is 1. The molecule has 0 aliphatic carbocycles. The van der Waals surface area contributed by atoms with Crippen molar-refractivity contribution >= 4 is 17.3 Å². The van der Waals surface area contributed by atoms with E-state index in [-0.39, 0.29) is 5.92 Å². The van der Waals surface area contributed by atoms with Gasteiger partial charge in [0.2, 0.25) is 0 Å². The van der Waals surface area contributed by atoms with Crippen LogP contribution in [0.15, 0.2) is 11.4 Å². The molecule has 1 unspecified atom stereocenters. The Morgan fingerprint density at radius 3 is 2.77 bits per heavy atom. The minimum atomic E-state index is -0.701. The van der Waals surface area contributed by atoms with E-state index >= 15 is 0 Å². The summed E-state index contributed by atoms with van der Waals surface area (Å²) in [5, 5.41) is 11.0. The Bertz CT molecular complexity index is 291. The Hall–Kier alpha value is -0.830. The normalized spacial score (nSPS) is 12.8. The molecular weight excluding hydrogens is 184 g/mol. The lowest BCUT2D eigenvalue weighted by Gasteiger charge is -2.09. The summed E-state index contributed by atoms with van der Waals surface area (Å²) in [4.78, 5) is 12.0. The zero-order valence-electron chi connectivity index (χ0n) is 7.91. The predicted octanol–water partition coefficient (Wildman–Crippen LogP) is 3.02. The largest absolute Gasteiger partial charge is 0.481 e. The van der Waals surface area contributed by atoms with Crippen molar-refractivity contribution in [2.45, 2.75) is 32.6 Å². The standard InChI is InChI=1S/C10H14O2S/c1-3-4-8(10(11)12)9-7(2)5-6-13-9/h5-6,8H,3-4H2,1-2H3,(H,11,12). The number of aryl methyl sites for hydroxylation is 1. The van der Waals surface area contributed by atoms with E-state index in [0.29, 0.717) is 0 Å². The summed E-state index contributed by atoms with van der Waals surface area (Å²) < 4.78 is 0. The highest BCUT2D eigenvalue weighted by Gasteiger charge is 2.21. The predicted molar refractivity (Wildman–Crippen MR) is 54.3 cm³/mol. The average molecular weight is 198 g/mol. The molecule has 0 fully saturated rings. The topological polar surface area (TPSA) is 37.3 Å². The van der Waals surface area contributed by atoms with Gasteiger partial charge in [-0.3, -0.25) is 4.79 Å².